The molecular formula is C64H116N2O6P+. The van der Waals surface area contributed by atoms with E-state index in [4.69, 9.17) is 9.05 Å². The summed E-state index contributed by atoms with van der Waals surface area (Å²) in [5.41, 5.74) is 0. The molecule has 422 valence electrons. The van der Waals surface area contributed by atoms with Gasteiger partial charge < -0.3 is 19.8 Å². The van der Waals surface area contributed by atoms with E-state index >= 15 is 0 Å². The van der Waals surface area contributed by atoms with E-state index in [1.807, 2.05) is 27.2 Å². The van der Waals surface area contributed by atoms with Crippen molar-refractivity contribution in [3.63, 3.8) is 0 Å². The number of hydrogen-bond acceptors (Lipinski definition) is 5. The highest BCUT2D eigenvalue weighted by atomic mass is 31.2. The summed E-state index contributed by atoms with van der Waals surface area (Å²) in [6.07, 6.45) is 78.2. The van der Waals surface area contributed by atoms with Gasteiger partial charge in [0.15, 0.2) is 0 Å². The van der Waals surface area contributed by atoms with E-state index in [9.17, 15) is 19.4 Å². The largest absolute Gasteiger partial charge is 0.472 e. The standard InChI is InChI=1S/C64H115N2O6P/c1-6-8-10-12-14-16-18-20-22-24-26-28-29-30-31-32-33-34-35-36-38-39-41-43-45-47-49-51-53-55-57-63(67)62(61-72-73(69,70)71-60-59-66(3,4)5)65-64(68)58-56-54-52-50-48-46-44-42-40-37-27-25-23-21-19-17-15-13-11-9-7-2/h9,11,15,17,21,23,27,37,42,44,47-50,55,57,62-63,67H,6-8,10,12-14,16,18-20,22,24-26,28-36,38-41,43,45-46,51-54,56,58-61H2,1-5H3,(H-,65,68,69,70)/p+1/b11-9-,17-15-,23-21-,37-27-,44-42-,49-47+,50-48-,57-55+. The van der Waals surface area contributed by atoms with Crippen LogP contribution in [0.1, 0.15) is 251 Å². The Morgan fingerprint density at radius 3 is 1.26 bits per heavy atom. The molecule has 9 heteroatoms. The fourth-order valence-corrected chi connectivity index (χ4v) is 9.09. The second-order valence-corrected chi connectivity index (χ2v) is 22.8. The van der Waals surface area contributed by atoms with Crippen molar-refractivity contribution in [2.24, 2.45) is 0 Å². The third-order valence-electron chi connectivity index (χ3n) is 13.0. The van der Waals surface area contributed by atoms with Crippen LogP contribution in [0.5, 0.6) is 0 Å². The predicted molar refractivity (Wildman–Crippen MR) is 318 cm³/mol. The summed E-state index contributed by atoms with van der Waals surface area (Å²) >= 11 is 0. The predicted octanol–water partition coefficient (Wildman–Crippen LogP) is 18.6. The first-order valence-corrected chi connectivity index (χ1v) is 31.6. The first-order chi connectivity index (χ1) is 35.5. The SMILES string of the molecule is CC/C=C\C/C=C\C/C=C\C/C=C\C/C=C\C/C=C\CCCCC(=O)NC(COP(=O)(O)OCC[N+](C)(C)C)C(O)/C=C/CC/C=C/CCCCCCCCCCCCCCCCCCCCCCCCCC. The van der Waals surface area contributed by atoms with Crippen molar-refractivity contribution in [1.29, 1.82) is 0 Å². The van der Waals surface area contributed by atoms with Crippen LogP contribution in [0.2, 0.25) is 0 Å². The van der Waals surface area contributed by atoms with Gasteiger partial charge in [0.05, 0.1) is 39.9 Å². The van der Waals surface area contributed by atoms with Crippen molar-refractivity contribution >= 4 is 13.7 Å². The molecule has 0 rings (SSSR count). The van der Waals surface area contributed by atoms with Crippen LogP contribution in [0, 0.1) is 0 Å². The second kappa shape index (κ2) is 54.2. The lowest BCUT2D eigenvalue weighted by Gasteiger charge is -2.25. The smallest absolute Gasteiger partial charge is 0.387 e. The molecule has 0 aromatic carbocycles. The topological polar surface area (TPSA) is 105 Å². The molecule has 8 nitrogen and oxygen atoms in total. The van der Waals surface area contributed by atoms with Crippen LogP contribution in [0.3, 0.4) is 0 Å². The molecule has 0 aliphatic heterocycles. The summed E-state index contributed by atoms with van der Waals surface area (Å²) in [6.45, 7) is 4.66. The van der Waals surface area contributed by atoms with Crippen molar-refractivity contribution < 1.29 is 32.9 Å². The minimum absolute atomic E-state index is 0.0424. The highest BCUT2D eigenvalue weighted by Gasteiger charge is 2.27. The van der Waals surface area contributed by atoms with Gasteiger partial charge in [-0.05, 0) is 83.5 Å². The zero-order chi connectivity index (χ0) is 53.5. The Kier molecular flexibility index (Phi) is 52.3. The lowest BCUT2D eigenvalue weighted by Crippen LogP contribution is -2.45. The van der Waals surface area contributed by atoms with Gasteiger partial charge in [-0.25, -0.2) is 4.57 Å². The van der Waals surface area contributed by atoms with Crippen LogP contribution in [0.4, 0.5) is 0 Å². The summed E-state index contributed by atoms with van der Waals surface area (Å²) in [4.78, 5) is 23.3. The first kappa shape index (κ1) is 70.4. The van der Waals surface area contributed by atoms with Crippen molar-refractivity contribution in [1.82, 2.24) is 5.32 Å². The van der Waals surface area contributed by atoms with Crippen LogP contribution < -0.4 is 5.32 Å². The average molecular weight is 1040 g/mol. The zero-order valence-electron chi connectivity index (χ0n) is 48.1. The maximum atomic E-state index is 13.0. The number of aliphatic hydroxyl groups excluding tert-OH is 1. The van der Waals surface area contributed by atoms with Crippen molar-refractivity contribution in [3.05, 3.63) is 97.2 Å². The minimum Gasteiger partial charge on any atom is -0.387 e. The Morgan fingerprint density at radius 1 is 0.479 bits per heavy atom. The highest BCUT2D eigenvalue weighted by molar-refractivity contribution is 7.47. The molecule has 1 amide bonds. The molecule has 0 saturated carbocycles. The van der Waals surface area contributed by atoms with E-state index in [0.717, 1.165) is 70.6 Å². The van der Waals surface area contributed by atoms with E-state index in [-0.39, 0.29) is 25.5 Å². The molecule has 0 spiro atoms. The fourth-order valence-electron chi connectivity index (χ4n) is 8.36. The van der Waals surface area contributed by atoms with Crippen LogP contribution in [-0.4, -0.2) is 73.4 Å². The number of quaternary nitrogens is 1. The van der Waals surface area contributed by atoms with Gasteiger partial charge in [0.2, 0.25) is 5.91 Å². The van der Waals surface area contributed by atoms with Gasteiger partial charge >= 0.3 is 7.82 Å². The molecule has 0 heterocycles. The van der Waals surface area contributed by atoms with Gasteiger partial charge in [-0.2, -0.15) is 0 Å². The Hall–Kier alpha value is -2.58. The highest BCUT2D eigenvalue weighted by Crippen LogP contribution is 2.43. The quantitative estimate of drug-likeness (QED) is 0.0243. The molecule has 0 aromatic heterocycles. The zero-order valence-corrected chi connectivity index (χ0v) is 49.0. The Morgan fingerprint density at radius 2 is 0.836 bits per heavy atom. The van der Waals surface area contributed by atoms with Gasteiger partial charge in [-0.1, -0.05) is 259 Å². The number of nitrogens with zero attached hydrogens (tertiary/aromatic N) is 1. The van der Waals surface area contributed by atoms with Crippen molar-refractivity contribution in [3.8, 4) is 0 Å². The van der Waals surface area contributed by atoms with Gasteiger partial charge in [0.25, 0.3) is 0 Å². The van der Waals surface area contributed by atoms with E-state index in [2.05, 4.69) is 104 Å². The molecule has 0 bridgehead atoms. The van der Waals surface area contributed by atoms with Gasteiger partial charge in [-0.15, -0.1) is 0 Å². The molecule has 3 N–H and O–H groups in total. The van der Waals surface area contributed by atoms with Crippen LogP contribution in [0.25, 0.3) is 0 Å². The number of likely N-dealkylation sites (N-methyl/N-ethyl adjacent to an activating group) is 1. The van der Waals surface area contributed by atoms with Crippen LogP contribution in [0.15, 0.2) is 97.2 Å². The molecule has 0 aromatic rings. The molecule has 0 saturated heterocycles. The molecule has 0 fully saturated rings. The van der Waals surface area contributed by atoms with E-state index in [1.54, 1.807) is 6.08 Å². The number of nitrogens with one attached hydrogen (secondary N) is 1. The van der Waals surface area contributed by atoms with Gasteiger partial charge in [0, 0.05) is 6.42 Å². The third kappa shape index (κ3) is 57.0. The number of allylic oxidation sites excluding steroid dienone is 15. The van der Waals surface area contributed by atoms with Crippen LogP contribution >= 0.6 is 7.82 Å². The average Bonchev–Trinajstić information content (AvgIpc) is 3.35. The Labute approximate surface area is 451 Å². The number of phosphoric acid groups is 1. The van der Waals surface area contributed by atoms with Crippen LogP contribution in [-0.2, 0) is 18.4 Å². The van der Waals surface area contributed by atoms with E-state index < -0.39 is 20.0 Å². The molecule has 0 aliphatic rings. The first-order valence-electron chi connectivity index (χ1n) is 30.1. The molecule has 0 radical (unpaired) electrons. The van der Waals surface area contributed by atoms with Gasteiger partial charge in [-0.3, -0.25) is 13.8 Å². The monoisotopic (exact) mass is 1040 g/mol. The Bertz CT molecular complexity index is 1510. The maximum absolute atomic E-state index is 13.0. The summed E-state index contributed by atoms with van der Waals surface area (Å²) in [5, 5.41) is 13.9. The fraction of sp³-hybridized carbons (Fsp3) is 0.734. The molecule has 0 aliphatic carbocycles. The molecule has 73 heavy (non-hydrogen) atoms. The normalized spacial score (nSPS) is 14.6. The summed E-state index contributed by atoms with van der Waals surface area (Å²) in [7, 11) is 1.51. The second-order valence-electron chi connectivity index (χ2n) is 21.3. The lowest BCUT2D eigenvalue weighted by atomic mass is 10.0. The molecule has 3 unspecified atom stereocenters. The van der Waals surface area contributed by atoms with Gasteiger partial charge in [0.1, 0.15) is 13.2 Å². The number of hydrogen-bond donors (Lipinski definition) is 3. The summed E-state index contributed by atoms with van der Waals surface area (Å²) < 4.78 is 23.7. The Balaban J connectivity index is 4.28. The van der Waals surface area contributed by atoms with E-state index in [0.29, 0.717) is 17.4 Å². The number of rotatable bonds is 54. The number of unbranched alkanes of at least 4 members (excludes halogenated alkanes) is 27. The number of carbonyl (C=O) groups excluding carboxylic acids is 1. The number of phosphoric ester groups is 1. The van der Waals surface area contributed by atoms with Crippen molar-refractivity contribution in [2.75, 3.05) is 40.9 Å². The summed E-state index contributed by atoms with van der Waals surface area (Å²) in [6, 6.07) is -0.895. The number of aliphatic hydroxyl groups is 1. The van der Waals surface area contributed by atoms with E-state index in [1.165, 1.54) is 154 Å². The maximum Gasteiger partial charge on any atom is 0.472 e. The number of carbonyl (C=O) groups is 1. The number of amides is 1. The molecule has 3 atom stereocenters. The minimum atomic E-state index is -4.38. The van der Waals surface area contributed by atoms with Crippen molar-refractivity contribution in [2.45, 2.75) is 264 Å². The molecular weight excluding hydrogens is 924 g/mol. The summed E-state index contributed by atoms with van der Waals surface area (Å²) in [5.74, 6) is -0.230. The lowest BCUT2D eigenvalue weighted by molar-refractivity contribution is -0.870. The third-order valence-corrected chi connectivity index (χ3v) is 14.0.